The number of hydrogen-bond acceptors (Lipinski definition) is 2. The lowest BCUT2D eigenvalue weighted by Gasteiger charge is -2.25. The van der Waals surface area contributed by atoms with Crippen molar-refractivity contribution in [3.8, 4) is 22.5 Å². The first kappa shape index (κ1) is 31.1. The number of anilines is 3. The van der Waals surface area contributed by atoms with Crippen molar-refractivity contribution < 1.29 is 0 Å². The van der Waals surface area contributed by atoms with Gasteiger partial charge in [0, 0.05) is 56.2 Å². The fraction of sp³-hybridized carbons (Fsp3) is 0.0208. The second kappa shape index (κ2) is 13.1. The molecule has 248 valence electrons. The highest BCUT2D eigenvalue weighted by Crippen LogP contribution is 2.40. The van der Waals surface area contributed by atoms with E-state index in [1.807, 2.05) is 30.6 Å². The first-order valence-corrected chi connectivity index (χ1v) is 17.6. The van der Waals surface area contributed by atoms with Gasteiger partial charge in [0.25, 0.3) is 0 Å². The topological polar surface area (TPSA) is 26.0 Å². The number of fused-ring (bicyclic) bond motifs is 4. The molecule has 0 atom stereocenters. The molecule has 4 nitrogen and oxygen atoms in total. The van der Waals surface area contributed by atoms with Crippen LogP contribution in [0.5, 0.6) is 0 Å². The van der Waals surface area contributed by atoms with E-state index in [9.17, 15) is 0 Å². The highest BCUT2D eigenvalue weighted by molar-refractivity contribution is 6.09. The van der Waals surface area contributed by atoms with Gasteiger partial charge in [-0.25, -0.2) is 0 Å². The maximum Gasteiger partial charge on any atom is 0.0651 e. The molecule has 9 rings (SSSR count). The summed E-state index contributed by atoms with van der Waals surface area (Å²) < 4.78 is 4.76. The van der Waals surface area contributed by atoms with Crippen molar-refractivity contribution in [1.29, 1.82) is 0 Å². The number of rotatable bonds is 8. The number of pyridine rings is 1. The van der Waals surface area contributed by atoms with Crippen LogP contribution >= 0.6 is 0 Å². The summed E-state index contributed by atoms with van der Waals surface area (Å²) in [5.74, 6) is 0. The largest absolute Gasteiger partial charge is 0.309 e. The second-order valence-electron chi connectivity index (χ2n) is 12.9. The first-order chi connectivity index (χ1) is 25.7. The molecule has 6 aromatic carbocycles. The minimum absolute atomic E-state index is 0.980. The van der Waals surface area contributed by atoms with Gasteiger partial charge in [-0.15, -0.1) is 0 Å². The summed E-state index contributed by atoms with van der Waals surface area (Å²) in [4.78, 5) is 7.12. The van der Waals surface area contributed by atoms with Crippen LogP contribution in [-0.2, 0) is 0 Å². The molecule has 0 N–H and O–H groups in total. The van der Waals surface area contributed by atoms with Crippen molar-refractivity contribution in [2.75, 3.05) is 4.90 Å². The molecule has 0 spiro atoms. The molecule has 0 amide bonds. The SMILES string of the molecule is C=Cc1c(/C=C\C)n(-c2cc(-c3cncc(N(c4ccccc4)c4ccccc4)c3)cc(-n3c4ccccc4c4ccccc43)c2)c2ccccc12. The summed E-state index contributed by atoms with van der Waals surface area (Å²) in [6, 6.07) is 56.0. The van der Waals surface area contributed by atoms with E-state index in [0.29, 0.717) is 0 Å². The molecule has 3 aromatic heterocycles. The van der Waals surface area contributed by atoms with Crippen LogP contribution < -0.4 is 4.90 Å². The molecule has 52 heavy (non-hydrogen) atoms. The lowest BCUT2D eigenvalue weighted by molar-refractivity contribution is 1.09. The van der Waals surface area contributed by atoms with Gasteiger partial charge in [-0.1, -0.05) is 110 Å². The molecule has 9 aromatic rings. The maximum atomic E-state index is 4.86. The summed E-state index contributed by atoms with van der Waals surface area (Å²) >= 11 is 0. The average molecular weight is 669 g/mol. The predicted molar refractivity (Wildman–Crippen MR) is 220 cm³/mol. The van der Waals surface area contributed by atoms with Crippen molar-refractivity contribution in [3.05, 3.63) is 194 Å². The molecule has 0 saturated heterocycles. The van der Waals surface area contributed by atoms with Gasteiger partial charge in [0.05, 0.1) is 34.1 Å². The molecular formula is C48H36N4. The second-order valence-corrected chi connectivity index (χ2v) is 12.9. The number of allylic oxidation sites excluding steroid dienone is 1. The Kier molecular flexibility index (Phi) is 7.83. The van der Waals surface area contributed by atoms with Crippen molar-refractivity contribution in [1.82, 2.24) is 14.1 Å². The van der Waals surface area contributed by atoms with Crippen LogP contribution in [0.1, 0.15) is 18.2 Å². The van der Waals surface area contributed by atoms with Crippen LogP contribution in [0.25, 0.3) is 67.4 Å². The molecule has 0 saturated carbocycles. The maximum absolute atomic E-state index is 4.86. The Balaban J connectivity index is 1.33. The van der Waals surface area contributed by atoms with E-state index in [2.05, 4.69) is 185 Å². The highest BCUT2D eigenvalue weighted by atomic mass is 15.1. The molecule has 0 aliphatic heterocycles. The molecule has 0 radical (unpaired) electrons. The molecule has 3 heterocycles. The normalized spacial score (nSPS) is 11.6. The third kappa shape index (κ3) is 5.21. The van der Waals surface area contributed by atoms with Crippen molar-refractivity contribution in [2.24, 2.45) is 0 Å². The lowest BCUT2D eigenvalue weighted by atomic mass is 10.0. The van der Waals surface area contributed by atoms with Gasteiger partial charge in [-0.2, -0.15) is 0 Å². The Morgan fingerprint density at radius 1 is 0.519 bits per heavy atom. The Hall–Kier alpha value is -6.91. The summed E-state index contributed by atoms with van der Waals surface area (Å²) in [7, 11) is 0. The van der Waals surface area contributed by atoms with Crippen LogP contribution in [0.15, 0.2) is 183 Å². The van der Waals surface area contributed by atoms with E-state index >= 15 is 0 Å². The minimum atomic E-state index is 0.980. The third-order valence-corrected chi connectivity index (χ3v) is 9.82. The molecule has 0 aliphatic carbocycles. The van der Waals surface area contributed by atoms with Gasteiger partial charge in [0.15, 0.2) is 0 Å². The zero-order valence-corrected chi connectivity index (χ0v) is 28.9. The fourth-order valence-electron chi connectivity index (χ4n) is 7.63. The molecule has 4 heteroatoms. The number of aromatic nitrogens is 3. The predicted octanol–water partition coefficient (Wildman–Crippen LogP) is 12.9. The number of hydrogen-bond donors (Lipinski definition) is 0. The Morgan fingerprint density at radius 2 is 1.04 bits per heavy atom. The van der Waals surface area contributed by atoms with E-state index in [-0.39, 0.29) is 0 Å². The van der Waals surface area contributed by atoms with Gasteiger partial charge in [0.2, 0.25) is 0 Å². The van der Waals surface area contributed by atoms with Gasteiger partial charge < -0.3 is 14.0 Å². The Bertz CT molecular complexity index is 2680. The summed E-state index contributed by atoms with van der Waals surface area (Å²) in [5, 5.41) is 3.62. The van der Waals surface area contributed by atoms with Crippen LogP contribution in [-0.4, -0.2) is 14.1 Å². The third-order valence-electron chi connectivity index (χ3n) is 9.82. The highest BCUT2D eigenvalue weighted by Gasteiger charge is 2.20. The van der Waals surface area contributed by atoms with E-state index in [1.165, 1.54) is 16.2 Å². The Labute approximate surface area is 303 Å². The molecule has 0 bridgehead atoms. The van der Waals surface area contributed by atoms with Crippen molar-refractivity contribution in [2.45, 2.75) is 6.92 Å². The van der Waals surface area contributed by atoms with Gasteiger partial charge in [0.1, 0.15) is 0 Å². The van der Waals surface area contributed by atoms with Crippen molar-refractivity contribution >= 4 is 61.9 Å². The van der Waals surface area contributed by atoms with E-state index in [1.54, 1.807) is 0 Å². The van der Waals surface area contributed by atoms with E-state index < -0.39 is 0 Å². The molecule has 0 aliphatic rings. The van der Waals surface area contributed by atoms with Gasteiger partial charge >= 0.3 is 0 Å². The number of nitrogens with zero attached hydrogens (tertiary/aromatic N) is 4. The van der Waals surface area contributed by atoms with E-state index in [4.69, 9.17) is 4.98 Å². The van der Waals surface area contributed by atoms with Crippen LogP contribution in [0.3, 0.4) is 0 Å². The number of para-hydroxylation sites is 5. The monoisotopic (exact) mass is 668 g/mol. The Morgan fingerprint density at radius 3 is 1.62 bits per heavy atom. The fourth-order valence-corrected chi connectivity index (χ4v) is 7.63. The van der Waals surface area contributed by atoms with Gasteiger partial charge in [-0.05, 0) is 85.3 Å². The standard InChI is InChI=1S/C48H36N4/c1-3-17-45-41(4-2)42-22-11-14-25-46(42)51(45)38-28-34(29-39(31-38)52-47-26-15-12-23-43(47)44-24-13-16-27-48(44)52)35-30-40(33-49-32-35)50(36-18-7-5-8-19-36)37-20-9-6-10-21-37/h3-33H,2H2,1H3/b17-3-. The molecular weight excluding hydrogens is 633 g/mol. The summed E-state index contributed by atoms with van der Waals surface area (Å²) in [6.07, 6.45) is 10.2. The first-order valence-electron chi connectivity index (χ1n) is 17.6. The van der Waals surface area contributed by atoms with Crippen LogP contribution in [0, 0.1) is 0 Å². The molecule has 0 unspecified atom stereocenters. The zero-order chi connectivity index (χ0) is 35.0. The quantitative estimate of drug-likeness (QED) is 0.161. The summed E-state index contributed by atoms with van der Waals surface area (Å²) in [5.41, 5.74) is 13.0. The van der Waals surface area contributed by atoms with Crippen LogP contribution in [0.2, 0.25) is 0 Å². The van der Waals surface area contributed by atoms with E-state index in [0.717, 1.165) is 67.4 Å². The van der Waals surface area contributed by atoms with Gasteiger partial charge in [-0.3, -0.25) is 4.98 Å². The minimum Gasteiger partial charge on any atom is -0.309 e. The average Bonchev–Trinajstić information content (AvgIpc) is 3.71. The smallest absolute Gasteiger partial charge is 0.0651 e. The summed E-state index contributed by atoms with van der Waals surface area (Å²) in [6.45, 7) is 6.30. The zero-order valence-electron chi connectivity index (χ0n) is 28.9. The van der Waals surface area contributed by atoms with Crippen LogP contribution in [0.4, 0.5) is 17.1 Å². The lowest BCUT2D eigenvalue weighted by Crippen LogP contribution is -2.10. The van der Waals surface area contributed by atoms with Crippen molar-refractivity contribution in [3.63, 3.8) is 0 Å². The molecule has 0 fully saturated rings. The number of benzene rings is 6.